The molecule has 0 atom stereocenters. The second kappa shape index (κ2) is 2.52. The molecule has 64 valence electrons. The summed E-state index contributed by atoms with van der Waals surface area (Å²) in [5, 5.41) is 8.42. The van der Waals surface area contributed by atoms with Crippen LogP contribution >= 0.6 is 0 Å². The molecule has 0 radical (unpaired) electrons. The molecular formula is C10H12O2. The first-order valence-electron chi connectivity index (χ1n) is 4.46. The smallest absolute Gasteiger partial charge is 0.381 e. The standard InChI is InChI=1S/C10H12O2/c11-9(12)3-6-10-4-1-8(7-10)2-5-10/h8H,1-2,4-5,7H2,(H,11,12). The van der Waals surface area contributed by atoms with Gasteiger partial charge < -0.3 is 5.11 Å². The van der Waals surface area contributed by atoms with Crippen LogP contribution < -0.4 is 0 Å². The maximum atomic E-state index is 10.3. The zero-order valence-electron chi connectivity index (χ0n) is 6.97. The molecule has 12 heavy (non-hydrogen) atoms. The zero-order chi connectivity index (χ0) is 8.60. The fourth-order valence-electron chi connectivity index (χ4n) is 2.55. The van der Waals surface area contributed by atoms with Crippen LogP contribution in [0.25, 0.3) is 0 Å². The van der Waals surface area contributed by atoms with Crippen LogP contribution in [0.15, 0.2) is 0 Å². The van der Waals surface area contributed by atoms with Crippen molar-refractivity contribution in [2.45, 2.75) is 32.1 Å². The highest BCUT2D eigenvalue weighted by Gasteiger charge is 2.43. The van der Waals surface area contributed by atoms with Crippen molar-refractivity contribution in [2.75, 3.05) is 0 Å². The molecule has 0 heterocycles. The molecule has 0 aromatic heterocycles. The number of carboxylic acids is 1. The molecular weight excluding hydrogens is 152 g/mol. The topological polar surface area (TPSA) is 37.3 Å². The van der Waals surface area contributed by atoms with Gasteiger partial charge in [0, 0.05) is 11.3 Å². The quantitative estimate of drug-likeness (QED) is 0.553. The molecule has 0 amide bonds. The van der Waals surface area contributed by atoms with Gasteiger partial charge in [0.05, 0.1) is 0 Å². The van der Waals surface area contributed by atoms with Crippen LogP contribution in [0.5, 0.6) is 0 Å². The minimum absolute atomic E-state index is 0.100. The fraction of sp³-hybridized carbons (Fsp3) is 0.700. The Hall–Kier alpha value is -0.970. The van der Waals surface area contributed by atoms with E-state index in [0.717, 1.165) is 25.2 Å². The number of aliphatic carboxylic acids is 1. The number of hydrogen-bond acceptors (Lipinski definition) is 1. The van der Waals surface area contributed by atoms with Crippen LogP contribution in [0.4, 0.5) is 0 Å². The highest BCUT2D eigenvalue weighted by molar-refractivity contribution is 5.86. The number of carboxylic acid groups (broad SMARTS) is 1. The van der Waals surface area contributed by atoms with Crippen LogP contribution in [-0.4, -0.2) is 11.1 Å². The molecule has 2 fully saturated rings. The molecule has 2 saturated carbocycles. The summed E-state index contributed by atoms with van der Waals surface area (Å²) in [6.45, 7) is 0. The summed E-state index contributed by atoms with van der Waals surface area (Å²) in [5.41, 5.74) is 0.100. The molecule has 2 nitrogen and oxygen atoms in total. The van der Waals surface area contributed by atoms with Crippen LogP contribution in [0.1, 0.15) is 32.1 Å². The van der Waals surface area contributed by atoms with Gasteiger partial charge in [-0.15, -0.1) is 0 Å². The van der Waals surface area contributed by atoms with E-state index in [1.54, 1.807) is 0 Å². The Labute approximate surface area is 72.0 Å². The van der Waals surface area contributed by atoms with Crippen molar-refractivity contribution in [3.63, 3.8) is 0 Å². The second-order valence-corrected chi connectivity index (χ2v) is 3.98. The maximum absolute atomic E-state index is 10.3. The van der Waals surface area contributed by atoms with Gasteiger partial charge in [-0.1, -0.05) is 5.92 Å². The molecule has 0 aromatic rings. The molecule has 0 aromatic carbocycles. The third-order valence-corrected chi connectivity index (χ3v) is 3.18. The van der Waals surface area contributed by atoms with Gasteiger partial charge in [-0.05, 0) is 38.0 Å². The van der Waals surface area contributed by atoms with Gasteiger partial charge in [0.25, 0.3) is 0 Å². The third-order valence-electron chi connectivity index (χ3n) is 3.18. The van der Waals surface area contributed by atoms with Gasteiger partial charge >= 0.3 is 5.97 Å². The normalized spacial score (nSPS) is 37.5. The predicted molar refractivity (Wildman–Crippen MR) is 44.4 cm³/mol. The van der Waals surface area contributed by atoms with Crippen molar-refractivity contribution in [3.8, 4) is 11.8 Å². The number of hydrogen-bond donors (Lipinski definition) is 1. The predicted octanol–water partition coefficient (Wildman–Crippen LogP) is 1.65. The fourth-order valence-corrected chi connectivity index (χ4v) is 2.55. The number of fused-ring (bicyclic) bond motifs is 2. The molecule has 0 aliphatic heterocycles. The van der Waals surface area contributed by atoms with E-state index in [-0.39, 0.29) is 5.41 Å². The van der Waals surface area contributed by atoms with E-state index in [9.17, 15) is 4.79 Å². The van der Waals surface area contributed by atoms with E-state index in [4.69, 9.17) is 5.11 Å². The summed E-state index contributed by atoms with van der Waals surface area (Å²) >= 11 is 0. The minimum atomic E-state index is -0.986. The third kappa shape index (κ3) is 1.20. The van der Waals surface area contributed by atoms with Crippen LogP contribution in [0.2, 0.25) is 0 Å². The lowest BCUT2D eigenvalue weighted by molar-refractivity contribution is -0.130. The minimum Gasteiger partial charge on any atom is -0.472 e. The Morgan fingerprint density at radius 1 is 1.42 bits per heavy atom. The van der Waals surface area contributed by atoms with Gasteiger partial charge in [-0.25, -0.2) is 4.79 Å². The first kappa shape index (κ1) is 7.67. The molecule has 1 N–H and O–H groups in total. The van der Waals surface area contributed by atoms with Gasteiger partial charge in [-0.3, -0.25) is 0 Å². The summed E-state index contributed by atoms with van der Waals surface area (Å²) in [7, 11) is 0. The van der Waals surface area contributed by atoms with Crippen molar-refractivity contribution in [2.24, 2.45) is 11.3 Å². The second-order valence-electron chi connectivity index (χ2n) is 3.98. The number of rotatable bonds is 0. The van der Waals surface area contributed by atoms with Crippen molar-refractivity contribution in [3.05, 3.63) is 0 Å². The summed E-state index contributed by atoms with van der Waals surface area (Å²) in [4.78, 5) is 10.3. The van der Waals surface area contributed by atoms with Gasteiger partial charge in [0.1, 0.15) is 0 Å². The summed E-state index contributed by atoms with van der Waals surface area (Å²) in [6, 6.07) is 0. The summed E-state index contributed by atoms with van der Waals surface area (Å²) in [6.07, 6.45) is 5.91. The summed E-state index contributed by atoms with van der Waals surface area (Å²) in [5.74, 6) is 5.06. The van der Waals surface area contributed by atoms with Crippen molar-refractivity contribution in [1.29, 1.82) is 0 Å². The first-order valence-corrected chi connectivity index (χ1v) is 4.46. The van der Waals surface area contributed by atoms with Crippen LogP contribution in [-0.2, 0) is 4.79 Å². The Morgan fingerprint density at radius 2 is 2.08 bits per heavy atom. The maximum Gasteiger partial charge on any atom is 0.381 e. The molecule has 2 rings (SSSR count). The Kier molecular flexibility index (Phi) is 1.61. The SMILES string of the molecule is O=C(O)C#CC12CCC(CC1)C2. The molecule has 0 saturated heterocycles. The van der Waals surface area contributed by atoms with E-state index in [1.807, 2.05) is 0 Å². The highest BCUT2D eigenvalue weighted by atomic mass is 16.4. The van der Waals surface area contributed by atoms with Gasteiger partial charge in [0.2, 0.25) is 0 Å². The monoisotopic (exact) mass is 164 g/mol. The molecule has 2 bridgehead atoms. The van der Waals surface area contributed by atoms with Crippen molar-refractivity contribution in [1.82, 2.24) is 0 Å². The van der Waals surface area contributed by atoms with Gasteiger partial charge in [-0.2, -0.15) is 0 Å². The van der Waals surface area contributed by atoms with Crippen LogP contribution in [0.3, 0.4) is 0 Å². The van der Waals surface area contributed by atoms with Crippen molar-refractivity contribution >= 4 is 5.97 Å². The van der Waals surface area contributed by atoms with E-state index >= 15 is 0 Å². The Balaban J connectivity index is 2.13. The Morgan fingerprint density at radius 3 is 2.50 bits per heavy atom. The number of carbonyl (C=O) groups is 1. The van der Waals surface area contributed by atoms with E-state index < -0.39 is 5.97 Å². The van der Waals surface area contributed by atoms with Crippen molar-refractivity contribution < 1.29 is 9.90 Å². The molecule has 2 aliphatic rings. The molecule has 0 unspecified atom stereocenters. The summed E-state index contributed by atoms with van der Waals surface area (Å²) < 4.78 is 0. The average Bonchev–Trinajstić information content (AvgIpc) is 2.60. The average molecular weight is 164 g/mol. The molecule has 2 aliphatic carbocycles. The molecule has 2 heteroatoms. The largest absolute Gasteiger partial charge is 0.472 e. The van der Waals surface area contributed by atoms with E-state index in [2.05, 4.69) is 11.8 Å². The lowest BCUT2D eigenvalue weighted by Gasteiger charge is -2.18. The van der Waals surface area contributed by atoms with E-state index in [1.165, 1.54) is 12.8 Å². The zero-order valence-corrected chi connectivity index (χ0v) is 6.97. The van der Waals surface area contributed by atoms with Crippen LogP contribution in [0, 0.1) is 23.2 Å². The highest BCUT2D eigenvalue weighted by Crippen LogP contribution is 2.53. The van der Waals surface area contributed by atoms with E-state index in [0.29, 0.717) is 0 Å². The van der Waals surface area contributed by atoms with Gasteiger partial charge in [0.15, 0.2) is 0 Å². The lowest BCUT2D eigenvalue weighted by Crippen LogP contribution is -2.11. The lowest BCUT2D eigenvalue weighted by atomic mass is 9.85. The molecule has 0 spiro atoms. The Bertz CT molecular complexity index is 261. The first-order chi connectivity index (χ1) is 5.70.